The van der Waals surface area contributed by atoms with Crippen molar-refractivity contribution in [1.82, 2.24) is 4.72 Å². The van der Waals surface area contributed by atoms with E-state index in [1.165, 1.54) is 6.07 Å². The van der Waals surface area contributed by atoms with Gasteiger partial charge in [0.05, 0.1) is 3.79 Å². The third kappa shape index (κ3) is 3.81. The van der Waals surface area contributed by atoms with Gasteiger partial charge in [0, 0.05) is 6.04 Å². The minimum Gasteiger partial charge on any atom is -0.477 e. The van der Waals surface area contributed by atoms with Crippen LogP contribution in [0.3, 0.4) is 0 Å². The van der Waals surface area contributed by atoms with Gasteiger partial charge in [-0.3, -0.25) is 0 Å². The van der Waals surface area contributed by atoms with Crippen molar-refractivity contribution in [2.24, 2.45) is 0 Å². The summed E-state index contributed by atoms with van der Waals surface area (Å²) in [6, 6.07) is 1.15. The molecule has 0 spiro atoms. The molecular formula is C12H16BrNO4S2. The Hall–Kier alpha value is -0.440. The number of sulfonamides is 1. The minimum atomic E-state index is -3.67. The van der Waals surface area contributed by atoms with E-state index in [2.05, 4.69) is 20.7 Å². The highest BCUT2D eigenvalue weighted by molar-refractivity contribution is 9.11. The molecule has 0 radical (unpaired) electrons. The van der Waals surface area contributed by atoms with E-state index < -0.39 is 16.0 Å². The maximum absolute atomic E-state index is 12.3. The van der Waals surface area contributed by atoms with Gasteiger partial charge in [0.25, 0.3) is 0 Å². The number of carboxylic acid groups (broad SMARTS) is 1. The Bertz CT molecular complexity index is 589. The van der Waals surface area contributed by atoms with Gasteiger partial charge in [-0.2, -0.15) is 0 Å². The molecule has 1 aliphatic rings. The van der Waals surface area contributed by atoms with Gasteiger partial charge in [-0.25, -0.2) is 17.9 Å². The van der Waals surface area contributed by atoms with Crippen molar-refractivity contribution in [1.29, 1.82) is 0 Å². The average Bonchev–Trinajstić information content (AvgIpc) is 2.59. The Morgan fingerprint density at radius 2 is 1.90 bits per heavy atom. The molecule has 1 saturated carbocycles. The van der Waals surface area contributed by atoms with E-state index >= 15 is 0 Å². The first kappa shape index (κ1) is 15.9. The third-order valence-corrected chi connectivity index (χ3v) is 7.09. The summed E-state index contributed by atoms with van der Waals surface area (Å²) >= 11 is 4.05. The van der Waals surface area contributed by atoms with Crippen molar-refractivity contribution >= 4 is 43.3 Å². The zero-order chi connectivity index (χ0) is 14.8. The van der Waals surface area contributed by atoms with Crippen molar-refractivity contribution in [3.63, 3.8) is 0 Å². The standard InChI is InChI=1S/C12H16BrNO4S2/c13-11-10(7-9(19-11)12(15)16)20(17,18)14-8-5-3-1-2-4-6-8/h7-8,14H,1-6H2,(H,15,16). The predicted octanol–water partition coefficient (Wildman–Crippen LogP) is 3.21. The summed E-state index contributed by atoms with van der Waals surface area (Å²) < 4.78 is 27.7. The van der Waals surface area contributed by atoms with Gasteiger partial charge in [0.1, 0.15) is 9.77 Å². The first-order valence-corrected chi connectivity index (χ1v) is 9.54. The van der Waals surface area contributed by atoms with Crippen LogP contribution in [-0.2, 0) is 10.0 Å². The molecule has 0 aromatic carbocycles. The lowest BCUT2D eigenvalue weighted by molar-refractivity contribution is 0.0702. The fourth-order valence-corrected chi connectivity index (χ4v) is 6.03. The maximum Gasteiger partial charge on any atom is 0.345 e. The summed E-state index contributed by atoms with van der Waals surface area (Å²) in [7, 11) is -3.67. The molecule has 1 fully saturated rings. The number of hydrogen-bond donors (Lipinski definition) is 2. The second-order valence-corrected chi connectivity index (χ2v) is 8.92. The lowest BCUT2D eigenvalue weighted by Gasteiger charge is -2.15. The molecule has 0 bridgehead atoms. The van der Waals surface area contributed by atoms with Gasteiger partial charge in [-0.1, -0.05) is 25.7 Å². The third-order valence-electron chi connectivity index (χ3n) is 3.33. The van der Waals surface area contributed by atoms with Crippen LogP contribution in [0.2, 0.25) is 0 Å². The summed E-state index contributed by atoms with van der Waals surface area (Å²) in [5.74, 6) is -1.12. The van der Waals surface area contributed by atoms with E-state index in [-0.39, 0.29) is 15.8 Å². The van der Waals surface area contributed by atoms with E-state index in [1.807, 2.05) is 0 Å². The molecule has 2 N–H and O–H groups in total. The Morgan fingerprint density at radius 1 is 1.30 bits per heavy atom. The van der Waals surface area contributed by atoms with Crippen LogP contribution in [0.4, 0.5) is 0 Å². The van der Waals surface area contributed by atoms with Crippen LogP contribution < -0.4 is 4.72 Å². The van der Waals surface area contributed by atoms with Gasteiger partial charge >= 0.3 is 5.97 Å². The van der Waals surface area contributed by atoms with E-state index in [0.717, 1.165) is 49.9 Å². The molecule has 0 atom stereocenters. The van der Waals surface area contributed by atoms with Gasteiger partial charge in [0.15, 0.2) is 0 Å². The molecule has 2 rings (SSSR count). The Balaban J connectivity index is 2.19. The molecule has 1 aromatic rings. The number of nitrogens with one attached hydrogen (secondary N) is 1. The summed E-state index contributed by atoms with van der Waals surface area (Å²) in [5.41, 5.74) is 0. The first-order chi connectivity index (χ1) is 9.40. The molecule has 0 saturated heterocycles. The number of hydrogen-bond acceptors (Lipinski definition) is 4. The molecule has 0 amide bonds. The summed E-state index contributed by atoms with van der Waals surface area (Å²) in [6.45, 7) is 0. The van der Waals surface area contributed by atoms with E-state index in [0.29, 0.717) is 3.79 Å². The fourth-order valence-electron chi connectivity index (χ4n) is 2.32. The van der Waals surface area contributed by atoms with E-state index in [1.54, 1.807) is 0 Å². The lowest BCUT2D eigenvalue weighted by Crippen LogP contribution is -2.34. The van der Waals surface area contributed by atoms with Crippen LogP contribution in [0.5, 0.6) is 0 Å². The highest BCUT2D eigenvalue weighted by Gasteiger charge is 2.26. The molecule has 1 heterocycles. The quantitative estimate of drug-likeness (QED) is 0.784. The highest BCUT2D eigenvalue weighted by Crippen LogP contribution is 2.32. The number of carbonyl (C=O) groups is 1. The maximum atomic E-state index is 12.3. The van der Waals surface area contributed by atoms with E-state index in [4.69, 9.17) is 5.11 Å². The van der Waals surface area contributed by atoms with Crippen LogP contribution in [0.1, 0.15) is 48.2 Å². The zero-order valence-corrected chi connectivity index (χ0v) is 14.0. The largest absolute Gasteiger partial charge is 0.477 e. The molecule has 8 heteroatoms. The van der Waals surface area contributed by atoms with Gasteiger partial charge in [0.2, 0.25) is 10.0 Å². The topological polar surface area (TPSA) is 83.5 Å². The van der Waals surface area contributed by atoms with Gasteiger partial charge < -0.3 is 5.11 Å². The molecular weight excluding hydrogens is 366 g/mol. The fraction of sp³-hybridized carbons (Fsp3) is 0.583. The Labute approximate surface area is 130 Å². The molecule has 1 aromatic heterocycles. The molecule has 5 nitrogen and oxygen atoms in total. The summed E-state index contributed by atoms with van der Waals surface area (Å²) in [5, 5.41) is 8.92. The monoisotopic (exact) mass is 381 g/mol. The number of aromatic carboxylic acids is 1. The number of rotatable bonds is 4. The van der Waals surface area contributed by atoms with Crippen molar-refractivity contribution in [2.45, 2.75) is 49.5 Å². The van der Waals surface area contributed by atoms with Crippen LogP contribution in [-0.4, -0.2) is 25.5 Å². The van der Waals surface area contributed by atoms with Gasteiger partial charge in [-0.15, -0.1) is 11.3 Å². The zero-order valence-electron chi connectivity index (χ0n) is 10.8. The highest BCUT2D eigenvalue weighted by atomic mass is 79.9. The SMILES string of the molecule is O=C(O)c1cc(S(=O)(=O)NC2CCCCCC2)c(Br)s1. The Kier molecular flexibility index (Phi) is 5.22. The lowest BCUT2D eigenvalue weighted by atomic mass is 10.1. The summed E-state index contributed by atoms with van der Waals surface area (Å²) in [4.78, 5) is 10.9. The Morgan fingerprint density at radius 3 is 2.40 bits per heavy atom. The smallest absolute Gasteiger partial charge is 0.345 e. The number of thiophene rings is 1. The summed E-state index contributed by atoms with van der Waals surface area (Å²) in [6.07, 6.45) is 6.02. The van der Waals surface area contributed by atoms with Crippen LogP contribution in [0.25, 0.3) is 0 Å². The van der Waals surface area contributed by atoms with Crippen molar-refractivity contribution < 1.29 is 18.3 Å². The number of halogens is 1. The van der Waals surface area contributed by atoms with Crippen LogP contribution in [0, 0.1) is 0 Å². The second kappa shape index (κ2) is 6.55. The first-order valence-electron chi connectivity index (χ1n) is 6.45. The second-order valence-electron chi connectivity index (χ2n) is 4.86. The number of carboxylic acids is 1. The molecule has 0 unspecified atom stereocenters. The minimum absolute atomic E-state index is 0.0121. The van der Waals surface area contributed by atoms with Crippen LogP contribution in [0.15, 0.2) is 14.7 Å². The average molecular weight is 382 g/mol. The molecule has 20 heavy (non-hydrogen) atoms. The van der Waals surface area contributed by atoms with Gasteiger partial charge in [-0.05, 0) is 34.8 Å². The predicted molar refractivity (Wildman–Crippen MR) is 80.8 cm³/mol. The van der Waals surface area contributed by atoms with Crippen molar-refractivity contribution in [2.75, 3.05) is 0 Å². The van der Waals surface area contributed by atoms with Crippen molar-refractivity contribution in [3.05, 3.63) is 14.7 Å². The normalized spacial score (nSPS) is 17.9. The molecule has 112 valence electrons. The molecule has 0 aliphatic heterocycles. The molecule has 1 aliphatic carbocycles. The van der Waals surface area contributed by atoms with Crippen LogP contribution >= 0.6 is 27.3 Å². The van der Waals surface area contributed by atoms with Crippen molar-refractivity contribution in [3.8, 4) is 0 Å². The van der Waals surface area contributed by atoms with E-state index in [9.17, 15) is 13.2 Å².